The Morgan fingerprint density at radius 2 is 1.92 bits per heavy atom. The molecule has 1 atom stereocenters. The number of rotatable bonds is 1. The summed E-state index contributed by atoms with van der Waals surface area (Å²) in [5.74, 6) is -0.138. The first-order valence-corrected chi connectivity index (χ1v) is 4.32. The van der Waals surface area contributed by atoms with Gasteiger partial charge >= 0.3 is 5.97 Å². The molecule has 13 heavy (non-hydrogen) atoms. The molecular formula is C9H18ClNO2. The highest BCUT2D eigenvalue weighted by Crippen LogP contribution is 2.22. The third kappa shape index (κ3) is 3.16. The van der Waals surface area contributed by atoms with Crippen molar-refractivity contribution in [3.05, 3.63) is 0 Å². The Labute approximate surface area is 85.6 Å². The highest BCUT2D eigenvalue weighted by Gasteiger charge is 2.41. The Balaban J connectivity index is 0.00000144. The van der Waals surface area contributed by atoms with Crippen LogP contribution in [0.2, 0.25) is 0 Å². The summed E-state index contributed by atoms with van der Waals surface area (Å²) in [6, 6.07) is 0. The average Bonchev–Trinajstić information content (AvgIpc) is 1.78. The second-order valence-corrected chi connectivity index (χ2v) is 4.51. The molecule has 0 amide bonds. The molecule has 3 nitrogen and oxygen atoms in total. The zero-order chi connectivity index (χ0) is 9.41. The predicted octanol–water partition coefficient (Wildman–Crippen LogP) is 1.50. The van der Waals surface area contributed by atoms with E-state index in [-0.39, 0.29) is 24.0 Å². The van der Waals surface area contributed by atoms with Gasteiger partial charge in [-0.2, -0.15) is 0 Å². The number of hydrogen-bond acceptors (Lipinski definition) is 3. The smallest absolute Gasteiger partial charge is 0.326 e. The number of esters is 1. The fourth-order valence-corrected chi connectivity index (χ4v) is 1.06. The van der Waals surface area contributed by atoms with Gasteiger partial charge in [0.1, 0.15) is 11.1 Å². The minimum atomic E-state index is -0.423. The average molecular weight is 208 g/mol. The number of halogens is 1. The number of hydrogen-bond donors (Lipinski definition) is 1. The highest BCUT2D eigenvalue weighted by molar-refractivity contribution is 5.85. The van der Waals surface area contributed by atoms with Crippen LogP contribution in [-0.4, -0.2) is 23.7 Å². The van der Waals surface area contributed by atoms with Crippen molar-refractivity contribution in [2.24, 2.45) is 0 Å². The topological polar surface area (TPSA) is 38.3 Å². The van der Waals surface area contributed by atoms with Crippen LogP contribution in [0.5, 0.6) is 0 Å². The monoisotopic (exact) mass is 207 g/mol. The second-order valence-electron chi connectivity index (χ2n) is 4.51. The summed E-state index contributed by atoms with van der Waals surface area (Å²) < 4.78 is 5.24. The van der Waals surface area contributed by atoms with Gasteiger partial charge in [0.25, 0.3) is 0 Å². The summed E-state index contributed by atoms with van der Waals surface area (Å²) in [6.45, 7) is 8.44. The molecule has 0 aromatic heterocycles. The van der Waals surface area contributed by atoms with Crippen LogP contribution in [0.15, 0.2) is 0 Å². The van der Waals surface area contributed by atoms with Crippen LogP contribution in [0.4, 0.5) is 0 Å². The second kappa shape index (κ2) is 3.84. The Bertz CT molecular complexity index is 194. The number of carbonyl (C=O) groups excluding carboxylic acids is 1. The van der Waals surface area contributed by atoms with Gasteiger partial charge in [-0.25, -0.2) is 0 Å². The maximum atomic E-state index is 11.5. The van der Waals surface area contributed by atoms with Gasteiger partial charge in [0, 0.05) is 0 Å². The van der Waals surface area contributed by atoms with Crippen LogP contribution in [0.25, 0.3) is 0 Å². The molecule has 0 spiro atoms. The Kier molecular flexibility index (Phi) is 3.76. The van der Waals surface area contributed by atoms with E-state index in [0.29, 0.717) is 0 Å². The molecule has 1 heterocycles. The minimum Gasteiger partial charge on any atom is -0.459 e. The molecule has 1 N–H and O–H groups in total. The van der Waals surface area contributed by atoms with E-state index in [1.165, 1.54) is 0 Å². The summed E-state index contributed by atoms with van der Waals surface area (Å²) in [5, 5.41) is 3.07. The van der Waals surface area contributed by atoms with Crippen molar-refractivity contribution in [1.82, 2.24) is 5.32 Å². The van der Waals surface area contributed by atoms with Crippen LogP contribution in [0, 0.1) is 0 Å². The molecule has 1 saturated heterocycles. The van der Waals surface area contributed by atoms with Gasteiger partial charge < -0.3 is 10.1 Å². The quantitative estimate of drug-likeness (QED) is 0.663. The van der Waals surface area contributed by atoms with Gasteiger partial charge in [0.15, 0.2) is 0 Å². The Morgan fingerprint density at radius 3 is 2.15 bits per heavy atom. The van der Waals surface area contributed by atoms with Crippen molar-refractivity contribution in [2.45, 2.75) is 45.3 Å². The molecule has 1 unspecified atom stereocenters. The molecule has 1 aliphatic rings. The van der Waals surface area contributed by atoms with Gasteiger partial charge in [-0.1, -0.05) is 0 Å². The predicted molar refractivity (Wildman–Crippen MR) is 54.1 cm³/mol. The Morgan fingerprint density at radius 1 is 1.46 bits per heavy atom. The highest BCUT2D eigenvalue weighted by atomic mass is 35.5. The third-order valence-corrected chi connectivity index (χ3v) is 1.99. The van der Waals surface area contributed by atoms with Crippen molar-refractivity contribution < 1.29 is 9.53 Å². The van der Waals surface area contributed by atoms with Gasteiger partial charge in [0.05, 0.1) is 0 Å². The Hall–Kier alpha value is -0.280. The normalized spacial score (nSPS) is 27.1. The van der Waals surface area contributed by atoms with Crippen LogP contribution < -0.4 is 5.32 Å². The number of carbonyl (C=O) groups is 1. The SMILES string of the molecule is CC(C)(C)OC(=O)C1(C)CCN1.Cl. The fraction of sp³-hybridized carbons (Fsp3) is 0.889. The molecule has 0 aromatic carbocycles. The largest absolute Gasteiger partial charge is 0.459 e. The van der Waals surface area contributed by atoms with Crippen LogP contribution in [0.1, 0.15) is 34.1 Å². The molecule has 1 fully saturated rings. The van der Waals surface area contributed by atoms with E-state index < -0.39 is 5.54 Å². The van der Waals surface area contributed by atoms with Crippen molar-refractivity contribution in [1.29, 1.82) is 0 Å². The summed E-state index contributed by atoms with van der Waals surface area (Å²) in [5.41, 5.74) is -0.801. The molecule has 4 heteroatoms. The van der Waals surface area contributed by atoms with E-state index in [1.807, 2.05) is 27.7 Å². The van der Waals surface area contributed by atoms with E-state index >= 15 is 0 Å². The zero-order valence-electron chi connectivity index (χ0n) is 8.64. The number of nitrogens with one attached hydrogen (secondary N) is 1. The lowest BCUT2D eigenvalue weighted by Gasteiger charge is -2.39. The summed E-state index contributed by atoms with van der Waals surface area (Å²) >= 11 is 0. The lowest BCUT2D eigenvalue weighted by atomic mass is 9.90. The summed E-state index contributed by atoms with van der Waals surface area (Å²) in [4.78, 5) is 11.5. The minimum absolute atomic E-state index is 0. The molecule has 0 aliphatic carbocycles. The maximum Gasteiger partial charge on any atom is 0.326 e. The first-order valence-electron chi connectivity index (χ1n) is 4.32. The molecule has 1 aliphatic heterocycles. The van der Waals surface area contributed by atoms with E-state index in [0.717, 1.165) is 13.0 Å². The van der Waals surface area contributed by atoms with Crippen molar-refractivity contribution in [3.63, 3.8) is 0 Å². The van der Waals surface area contributed by atoms with Gasteiger partial charge in [-0.05, 0) is 40.7 Å². The van der Waals surface area contributed by atoms with Crippen molar-refractivity contribution in [2.75, 3.05) is 6.54 Å². The molecule has 0 radical (unpaired) electrons. The zero-order valence-corrected chi connectivity index (χ0v) is 9.46. The van der Waals surface area contributed by atoms with E-state index in [9.17, 15) is 4.79 Å². The van der Waals surface area contributed by atoms with E-state index in [4.69, 9.17) is 4.74 Å². The molecular weight excluding hydrogens is 190 g/mol. The maximum absolute atomic E-state index is 11.5. The first-order chi connectivity index (χ1) is 5.33. The third-order valence-electron chi connectivity index (χ3n) is 1.99. The van der Waals surface area contributed by atoms with Crippen LogP contribution in [-0.2, 0) is 9.53 Å². The van der Waals surface area contributed by atoms with Crippen LogP contribution in [0.3, 0.4) is 0 Å². The fourth-order valence-electron chi connectivity index (χ4n) is 1.06. The van der Waals surface area contributed by atoms with Gasteiger partial charge in [-0.3, -0.25) is 4.79 Å². The standard InChI is InChI=1S/C9H17NO2.ClH/c1-8(2,3)12-7(11)9(4)5-6-10-9;/h10H,5-6H2,1-4H3;1H. The van der Waals surface area contributed by atoms with Crippen molar-refractivity contribution >= 4 is 18.4 Å². The number of ether oxygens (including phenoxy) is 1. The summed E-state index contributed by atoms with van der Waals surface area (Å²) in [6.07, 6.45) is 0.877. The molecule has 78 valence electrons. The van der Waals surface area contributed by atoms with Gasteiger partial charge in [0.2, 0.25) is 0 Å². The van der Waals surface area contributed by atoms with E-state index in [2.05, 4.69) is 5.32 Å². The lowest BCUT2D eigenvalue weighted by molar-refractivity contribution is -0.165. The van der Waals surface area contributed by atoms with E-state index in [1.54, 1.807) is 0 Å². The van der Waals surface area contributed by atoms with Crippen molar-refractivity contribution in [3.8, 4) is 0 Å². The van der Waals surface area contributed by atoms with Crippen LogP contribution >= 0.6 is 12.4 Å². The molecule has 0 saturated carbocycles. The van der Waals surface area contributed by atoms with Gasteiger partial charge in [-0.15, -0.1) is 12.4 Å². The lowest BCUT2D eigenvalue weighted by Crippen LogP contribution is -2.61. The molecule has 0 aromatic rings. The first kappa shape index (κ1) is 12.7. The molecule has 1 rings (SSSR count). The summed E-state index contributed by atoms with van der Waals surface area (Å²) in [7, 11) is 0. The molecule has 0 bridgehead atoms.